The first-order valence-corrected chi connectivity index (χ1v) is 11.0. The van der Waals surface area contributed by atoms with Crippen LogP contribution in [0.25, 0.3) is 27.8 Å². The van der Waals surface area contributed by atoms with E-state index >= 15 is 0 Å². The first kappa shape index (κ1) is 23.6. The Hall–Kier alpha value is -4.14. The summed E-state index contributed by atoms with van der Waals surface area (Å²) in [5, 5.41) is 5.47. The van der Waals surface area contributed by atoms with Gasteiger partial charge in [0.2, 0.25) is 11.9 Å². The Morgan fingerprint density at radius 1 is 0.778 bits per heavy atom. The fourth-order valence-electron chi connectivity index (χ4n) is 4.20. The first-order valence-electron chi connectivity index (χ1n) is 11.0. The van der Waals surface area contributed by atoms with E-state index in [1.54, 1.807) is 36.4 Å². The highest BCUT2D eigenvalue weighted by Crippen LogP contribution is 2.37. The van der Waals surface area contributed by atoms with Crippen molar-refractivity contribution in [3.05, 3.63) is 108 Å². The fraction of sp³-hybridized carbons (Fsp3) is 0.148. The monoisotopic (exact) mass is 494 g/mol. The summed E-state index contributed by atoms with van der Waals surface area (Å²) in [5.74, 6) is -1.91. The van der Waals surface area contributed by atoms with Crippen molar-refractivity contribution in [2.75, 3.05) is 0 Å². The van der Waals surface area contributed by atoms with Crippen LogP contribution in [0.4, 0.5) is 22.0 Å². The van der Waals surface area contributed by atoms with Gasteiger partial charge in [-0.05, 0) is 62.4 Å². The van der Waals surface area contributed by atoms with Gasteiger partial charge in [0.1, 0.15) is 0 Å². The summed E-state index contributed by atoms with van der Waals surface area (Å²) >= 11 is 0. The fourth-order valence-corrected chi connectivity index (χ4v) is 4.20. The molecule has 2 aromatic carbocycles. The van der Waals surface area contributed by atoms with Crippen LogP contribution in [0.3, 0.4) is 0 Å². The summed E-state index contributed by atoms with van der Waals surface area (Å²) in [7, 11) is 0. The minimum absolute atomic E-state index is 0.0494. The number of hydrogen-bond acceptors (Lipinski definition) is 3. The Kier molecular flexibility index (Phi) is 5.58. The predicted molar refractivity (Wildman–Crippen MR) is 126 cm³/mol. The van der Waals surface area contributed by atoms with Gasteiger partial charge in [0, 0.05) is 5.39 Å². The van der Waals surface area contributed by atoms with Crippen LogP contribution in [0, 0.1) is 11.9 Å². The number of nitrogens with zero attached hydrogens (tertiary/aromatic N) is 4. The normalized spacial score (nSPS) is 12.3. The number of pyridine rings is 2. The molecule has 182 valence electrons. The maximum absolute atomic E-state index is 14.3. The van der Waals surface area contributed by atoms with Gasteiger partial charge in [0.15, 0.2) is 0 Å². The lowest BCUT2D eigenvalue weighted by atomic mass is 9.83. The minimum Gasteiger partial charge on any atom is -0.252 e. The molecule has 0 spiro atoms. The third-order valence-electron chi connectivity index (χ3n) is 6.08. The van der Waals surface area contributed by atoms with Crippen LogP contribution in [0.5, 0.6) is 0 Å². The highest BCUT2D eigenvalue weighted by Gasteiger charge is 2.33. The maximum Gasteiger partial charge on any atom is 0.416 e. The van der Waals surface area contributed by atoms with Crippen molar-refractivity contribution < 1.29 is 22.0 Å². The zero-order valence-corrected chi connectivity index (χ0v) is 19.2. The Bertz CT molecular complexity index is 1590. The quantitative estimate of drug-likeness (QED) is 0.198. The molecule has 0 saturated heterocycles. The summed E-state index contributed by atoms with van der Waals surface area (Å²) in [4.78, 5) is 7.85. The lowest BCUT2D eigenvalue weighted by Gasteiger charge is -2.23. The molecule has 36 heavy (non-hydrogen) atoms. The standard InChI is InChI=1S/C27H19F5N4/c1-26(2,22-12-6-10-20(33-22)18-13-14-23(28)34-25(18)29)24-19-9-3-4-11-21(19)36(35-24)17-8-5-7-16(15-17)27(30,31)32/h3-15H,1-2H3. The third kappa shape index (κ3) is 4.10. The second-order valence-corrected chi connectivity index (χ2v) is 8.83. The van der Waals surface area contributed by atoms with E-state index in [4.69, 9.17) is 5.10 Å². The second kappa shape index (κ2) is 8.51. The molecule has 0 radical (unpaired) electrons. The van der Waals surface area contributed by atoms with Gasteiger partial charge < -0.3 is 0 Å². The zero-order chi connectivity index (χ0) is 25.7. The van der Waals surface area contributed by atoms with E-state index in [2.05, 4.69) is 9.97 Å². The number of alkyl halides is 3. The van der Waals surface area contributed by atoms with Crippen LogP contribution in [-0.4, -0.2) is 19.7 Å². The Morgan fingerprint density at radius 3 is 2.28 bits per heavy atom. The molecule has 0 amide bonds. The van der Waals surface area contributed by atoms with Crippen molar-refractivity contribution in [1.29, 1.82) is 0 Å². The van der Waals surface area contributed by atoms with E-state index in [9.17, 15) is 22.0 Å². The summed E-state index contributed by atoms with van der Waals surface area (Å²) < 4.78 is 69.1. The minimum atomic E-state index is -4.49. The SMILES string of the molecule is CC(C)(c1cccc(-c2ccc(F)nc2F)n1)c1nn(-c2cccc(C(F)(F)F)c2)c2ccccc12. The van der Waals surface area contributed by atoms with Gasteiger partial charge >= 0.3 is 6.18 Å². The van der Waals surface area contributed by atoms with Gasteiger partial charge in [-0.2, -0.15) is 32.0 Å². The van der Waals surface area contributed by atoms with Crippen LogP contribution in [0.1, 0.15) is 30.8 Å². The van der Waals surface area contributed by atoms with Crippen LogP contribution < -0.4 is 0 Å². The summed E-state index contributed by atoms with van der Waals surface area (Å²) in [6.07, 6.45) is -4.49. The molecule has 0 unspecified atom stereocenters. The smallest absolute Gasteiger partial charge is 0.252 e. The van der Waals surface area contributed by atoms with Crippen LogP contribution in [0.15, 0.2) is 78.9 Å². The number of aromatic nitrogens is 4. The molecule has 0 atom stereocenters. The van der Waals surface area contributed by atoms with E-state index in [-0.39, 0.29) is 16.9 Å². The summed E-state index contributed by atoms with van der Waals surface area (Å²) in [6, 6.07) is 19.6. The van der Waals surface area contributed by atoms with E-state index in [1.807, 2.05) is 26.0 Å². The van der Waals surface area contributed by atoms with Gasteiger partial charge in [-0.1, -0.05) is 30.3 Å². The molecule has 0 aliphatic heterocycles. The van der Waals surface area contributed by atoms with Crippen LogP contribution in [0.2, 0.25) is 0 Å². The highest BCUT2D eigenvalue weighted by molar-refractivity contribution is 5.85. The molecule has 0 aliphatic rings. The molecular formula is C27H19F5N4. The molecule has 0 aliphatic carbocycles. The number of para-hydroxylation sites is 1. The van der Waals surface area contributed by atoms with Crippen molar-refractivity contribution in [2.45, 2.75) is 25.4 Å². The molecule has 5 aromatic rings. The summed E-state index contributed by atoms with van der Waals surface area (Å²) in [6.45, 7) is 3.76. The maximum atomic E-state index is 14.3. The Labute approximate surface area is 203 Å². The number of benzene rings is 2. The van der Waals surface area contributed by atoms with Crippen LogP contribution >= 0.6 is 0 Å². The van der Waals surface area contributed by atoms with Crippen molar-refractivity contribution in [3.8, 4) is 16.9 Å². The molecular weight excluding hydrogens is 475 g/mol. The van der Waals surface area contributed by atoms with Crippen molar-refractivity contribution >= 4 is 10.9 Å². The molecule has 0 saturated carbocycles. The second-order valence-electron chi connectivity index (χ2n) is 8.83. The van der Waals surface area contributed by atoms with Gasteiger partial charge in [-0.15, -0.1) is 0 Å². The predicted octanol–water partition coefficient (Wildman–Crippen LogP) is 7.11. The number of halogens is 5. The molecule has 0 N–H and O–H groups in total. The average Bonchev–Trinajstić information content (AvgIpc) is 3.24. The number of fused-ring (bicyclic) bond motifs is 1. The van der Waals surface area contributed by atoms with Gasteiger partial charge in [-0.3, -0.25) is 4.98 Å². The molecule has 9 heteroatoms. The first-order chi connectivity index (χ1) is 17.1. The van der Waals surface area contributed by atoms with Gasteiger partial charge in [-0.25, -0.2) is 4.68 Å². The van der Waals surface area contributed by atoms with E-state index in [1.165, 1.54) is 16.8 Å². The lowest BCUT2D eigenvalue weighted by molar-refractivity contribution is -0.137. The average molecular weight is 494 g/mol. The molecule has 3 aromatic heterocycles. The van der Waals surface area contributed by atoms with E-state index in [0.29, 0.717) is 16.9 Å². The topological polar surface area (TPSA) is 43.6 Å². The van der Waals surface area contributed by atoms with E-state index < -0.39 is 29.1 Å². The summed E-state index contributed by atoms with van der Waals surface area (Å²) in [5.41, 5.74) is 0.743. The lowest BCUT2D eigenvalue weighted by Crippen LogP contribution is -2.22. The molecule has 0 bridgehead atoms. The van der Waals surface area contributed by atoms with Gasteiger partial charge in [0.25, 0.3) is 0 Å². The molecule has 3 heterocycles. The zero-order valence-electron chi connectivity index (χ0n) is 19.2. The largest absolute Gasteiger partial charge is 0.416 e. The van der Waals surface area contributed by atoms with Crippen molar-refractivity contribution in [3.63, 3.8) is 0 Å². The molecule has 4 nitrogen and oxygen atoms in total. The number of rotatable bonds is 4. The van der Waals surface area contributed by atoms with Crippen molar-refractivity contribution in [2.24, 2.45) is 0 Å². The Morgan fingerprint density at radius 2 is 1.53 bits per heavy atom. The third-order valence-corrected chi connectivity index (χ3v) is 6.08. The van der Waals surface area contributed by atoms with Crippen molar-refractivity contribution in [1.82, 2.24) is 19.7 Å². The van der Waals surface area contributed by atoms with E-state index in [0.717, 1.165) is 23.6 Å². The Balaban J connectivity index is 1.65. The van der Waals surface area contributed by atoms with Crippen LogP contribution in [-0.2, 0) is 11.6 Å². The molecule has 5 rings (SSSR count). The highest BCUT2D eigenvalue weighted by atomic mass is 19.4. The molecule has 0 fully saturated rings. The number of hydrogen-bond donors (Lipinski definition) is 0. The van der Waals surface area contributed by atoms with Gasteiger partial charge in [0.05, 0.1) is 44.8 Å².